The summed E-state index contributed by atoms with van der Waals surface area (Å²) in [6.45, 7) is 2.02. The van der Waals surface area contributed by atoms with Crippen LogP contribution in [0.2, 0.25) is 0 Å². The van der Waals surface area contributed by atoms with Crippen LogP contribution in [-0.2, 0) is 0 Å². The van der Waals surface area contributed by atoms with Crippen molar-refractivity contribution in [3.63, 3.8) is 0 Å². The fraction of sp³-hybridized carbons (Fsp3) is 0.0769. The molecule has 0 radical (unpaired) electrons. The average molecular weight is 259 g/mol. The number of aryl methyl sites for hydroxylation is 1. The van der Waals surface area contributed by atoms with Crippen LogP contribution in [-0.4, -0.2) is 16.2 Å². The molecule has 2 aromatic heterocycles. The molecular weight excluding hydrogens is 250 g/mol. The van der Waals surface area contributed by atoms with Crippen LogP contribution < -0.4 is 0 Å². The van der Waals surface area contributed by atoms with Gasteiger partial charge in [0.1, 0.15) is 5.56 Å². The first-order valence-electron chi connectivity index (χ1n) is 5.33. The predicted molar refractivity (Wildman–Crippen MR) is 69.0 cm³/mol. The van der Waals surface area contributed by atoms with Gasteiger partial charge in [0, 0.05) is 4.70 Å². The lowest BCUT2D eigenvalue weighted by molar-refractivity contribution is 0.0697. The molecule has 0 fully saturated rings. The van der Waals surface area contributed by atoms with Crippen molar-refractivity contribution >= 4 is 27.4 Å². The molecule has 0 atom stereocenters. The lowest BCUT2D eigenvalue weighted by atomic mass is 10.1. The van der Waals surface area contributed by atoms with Gasteiger partial charge in [0.15, 0.2) is 5.76 Å². The Labute approximate surface area is 106 Å². The number of hydrogen-bond donors (Lipinski definition) is 1. The first kappa shape index (κ1) is 11.0. The Morgan fingerprint density at radius 1 is 1.39 bits per heavy atom. The molecule has 1 aromatic carbocycles. The van der Waals surface area contributed by atoms with Gasteiger partial charge in [0.25, 0.3) is 0 Å². The summed E-state index contributed by atoms with van der Waals surface area (Å²) in [5, 5.41) is 13.7. The minimum atomic E-state index is -1.03. The van der Waals surface area contributed by atoms with Gasteiger partial charge in [-0.15, -0.1) is 11.3 Å². The minimum absolute atomic E-state index is 0.0956. The fourth-order valence-corrected chi connectivity index (χ4v) is 2.88. The summed E-state index contributed by atoms with van der Waals surface area (Å²) >= 11 is 1.50. The zero-order chi connectivity index (χ0) is 12.7. The van der Waals surface area contributed by atoms with Crippen LogP contribution in [0.25, 0.3) is 20.7 Å². The Bertz CT molecular complexity index is 742. The van der Waals surface area contributed by atoms with Gasteiger partial charge < -0.3 is 9.63 Å². The number of thiophene rings is 1. The number of fused-ring (bicyclic) bond motifs is 1. The van der Waals surface area contributed by atoms with Crippen LogP contribution in [0.4, 0.5) is 0 Å². The van der Waals surface area contributed by atoms with Gasteiger partial charge in [-0.1, -0.05) is 22.9 Å². The normalized spacial score (nSPS) is 10.9. The van der Waals surface area contributed by atoms with E-state index < -0.39 is 5.97 Å². The van der Waals surface area contributed by atoms with Gasteiger partial charge >= 0.3 is 5.97 Å². The quantitative estimate of drug-likeness (QED) is 0.764. The molecule has 5 heteroatoms. The lowest BCUT2D eigenvalue weighted by Gasteiger charge is -1.90. The van der Waals surface area contributed by atoms with E-state index in [0.717, 1.165) is 15.0 Å². The molecule has 0 bridgehead atoms. The molecule has 0 aliphatic carbocycles. The van der Waals surface area contributed by atoms with E-state index in [1.807, 2.05) is 25.1 Å². The zero-order valence-electron chi connectivity index (χ0n) is 9.51. The van der Waals surface area contributed by atoms with Gasteiger partial charge in [-0.3, -0.25) is 0 Å². The van der Waals surface area contributed by atoms with Crippen LogP contribution >= 0.6 is 11.3 Å². The number of carbonyl (C=O) groups is 1. The second-order valence-electron chi connectivity index (χ2n) is 4.03. The molecule has 0 saturated heterocycles. The fourth-order valence-electron chi connectivity index (χ4n) is 1.84. The SMILES string of the molecule is Cc1ccc2sc(-c3oncc3C(=O)O)cc2c1. The van der Waals surface area contributed by atoms with E-state index in [1.165, 1.54) is 23.1 Å². The van der Waals surface area contributed by atoms with E-state index in [9.17, 15) is 4.79 Å². The Hall–Kier alpha value is -2.14. The maximum absolute atomic E-state index is 11.0. The van der Waals surface area contributed by atoms with Crippen LogP contribution in [0.5, 0.6) is 0 Å². The highest BCUT2D eigenvalue weighted by molar-refractivity contribution is 7.22. The van der Waals surface area contributed by atoms with E-state index in [1.54, 1.807) is 0 Å². The monoisotopic (exact) mass is 259 g/mol. The van der Waals surface area contributed by atoms with Crippen molar-refractivity contribution in [1.82, 2.24) is 5.16 Å². The summed E-state index contributed by atoms with van der Waals surface area (Å²) in [4.78, 5) is 11.8. The molecule has 0 amide bonds. The molecule has 1 N–H and O–H groups in total. The van der Waals surface area contributed by atoms with Gasteiger partial charge in [0.05, 0.1) is 11.1 Å². The van der Waals surface area contributed by atoms with E-state index in [0.29, 0.717) is 5.76 Å². The Morgan fingerprint density at radius 3 is 3.00 bits per heavy atom. The molecule has 90 valence electrons. The molecule has 0 unspecified atom stereocenters. The number of carboxylic acids is 1. The maximum Gasteiger partial charge on any atom is 0.341 e. The number of aromatic nitrogens is 1. The number of hydrogen-bond acceptors (Lipinski definition) is 4. The van der Waals surface area contributed by atoms with E-state index >= 15 is 0 Å². The summed E-state index contributed by atoms with van der Waals surface area (Å²) in [5.41, 5.74) is 1.26. The summed E-state index contributed by atoms with van der Waals surface area (Å²) < 4.78 is 6.15. The van der Waals surface area contributed by atoms with E-state index in [-0.39, 0.29) is 5.56 Å². The Balaban J connectivity index is 2.19. The van der Waals surface area contributed by atoms with Crippen molar-refractivity contribution in [2.75, 3.05) is 0 Å². The summed E-state index contributed by atoms with van der Waals surface area (Å²) in [6.07, 6.45) is 1.23. The molecule has 0 saturated carbocycles. The van der Waals surface area contributed by atoms with Crippen molar-refractivity contribution in [1.29, 1.82) is 0 Å². The predicted octanol–water partition coefficient (Wildman–Crippen LogP) is 3.56. The Morgan fingerprint density at radius 2 is 2.22 bits per heavy atom. The molecule has 0 aliphatic rings. The van der Waals surface area contributed by atoms with E-state index in [2.05, 4.69) is 11.2 Å². The smallest absolute Gasteiger partial charge is 0.341 e. The third-order valence-electron chi connectivity index (χ3n) is 2.70. The summed E-state index contributed by atoms with van der Waals surface area (Å²) in [5.74, 6) is -0.707. The average Bonchev–Trinajstić information content (AvgIpc) is 2.93. The first-order chi connectivity index (χ1) is 8.65. The lowest BCUT2D eigenvalue weighted by Crippen LogP contribution is -1.94. The minimum Gasteiger partial charge on any atom is -0.477 e. The van der Waals surface area contributed by atoms with Crippen molar-refractivity contribution in [2.24, 2.45) is 0 Å². The standard InChI is InChI=1S/C13H9NO3S/c1-7-2-3-10-8(4-7)5-11(18-10)12-9(13(15)16)6-14-17-12/h2-6H,1H3,(H,15,16). The van der Waals surface area contributed by atoms with Crippen LogP contribution in [0, 0.1) is 6.92 Å². The maximum atomic E-state index is 11.0. The highest BCUT2D eigenvalue weighted by Crippen LogP contribution is 2.35. The second-order valence-corrected chi connectivity index (χ2v) is 5.11. The molecule has 18 heavy (non-hydrogen) atoms. The van der Waals surface area contributed by atoms with Gasteiger partial charge in [-0.2, -0.15) is 0 Å². The third kappa shape index (κ3) is 1.69. The van der Waals surface area contributed by atoms with Crippen LogP contribution in [0.1, 0.15) is 15.9 Å². The number of carboxylic acid groups (broad SMARTS) is 1. The van der Waals surface area contributed by atoms with Crippen molar-refractivity contribution in [3.8, 4) is 10.6 Å². The second kappa shape index (κ2) is 3.96. The topological polar surface area (TPSA) is 63.3 Å². The van der Waals surface area contributed by atoms with Gasteiger partial charge in [0.2, 0.25) is 0 Å². The molecule has 0 spiro atoms. The number of benzene rings is 1. The largest absolute Gasteiger partial charge is 0.477 e. The molecule has 3 rings (SSSR count). The first-order valence-corrected chi connectivity index (χ1v) is 6.15. The van der Waals surface area contributed by atoms with Gasteiger partial charge in [-0.05, 0) is 24.4 Å². The highest BCUT2D eigenvalue weighted by atomic mass is 32.1. The number of aromatic carboxylic acids is 1. The summed E-state index contributed by atoms with van der Waals surface area (Å²) in [6, 6.07) is 8.04. The molecule has 3 aromatic rings. The summed E-state index contributed by atoms with van der Waals surface area (Å²) in [7, 11) is 0. The highest BCUT2D eigenvalue weighted by Gasteiger charge is 2.18. The van der Waals surface area contributed by atoms with E-state index in [4.69, 9.17) is 9.63 Å². The van der Waals surface area contributed by atoms with Crippen molar-refractivity contribution in [2.45, 2.75) is 6.92 Å². The number of nitrogens with zero attached hydrogens (tertiary/aromatic N) is 1. The molecule has 4 nitrogen and oxygen atoms in total. The molecule has 2 heterocycles. The van der Waals surface area contributed by atoms with Crippen molar-refractivity contribution < 1.29 is 14.4 Å². The Kier molecular flexibility index (Phi) is 2.41. The number of rotatable bonds is 2. The van der Waals surface area contributed by atoms with Crippen LogP contribution in [0.3, 0.4) is 0 Å². The van der Waals surface area contributed by atoms with Crippen molar-refractivity contribution in [3.05, 3.63) is 41.6 Å². The third-order valence-corrected chi connectivity index (χ3v) is 3.81. The molecular formula is C13H9NO3S. The van der Waals surface area contributed by atoms with Crippen LogP contribution in [0.15, 0.2) is 35.0 Å². The molecule has 0 aliphatic heterocycles. The van der Waals surface area contributed by atoms with Gasteiger partial charge in [-0.25, -0.2) is 4.79 Å². The zero-order valence-corrected chi connectivity index (χ0v) is 10.3.